The van der Waals surface area contributed by atoms with E-state index in [9.17, 15) is 18.0 Å². The summed E-state index contributed by atoms with van der Waals surface area (Å²) in [6.45, 7) is 3.60. The lowest BCUT2D eigenvalue weighted by atomic mass is 10.1. The smallest absolute Gasteiger partial charge is 0.244 e. The Morgan fingerprint density at radius 2 is 1.75 bits per heavy atom. The van der Waals surface area contributed by atoms with Crippen LogP contribution in [0, 0.1) is 24.4 Å². The summed E-state index contributed by atoms with van der Waals surface area (Å²) in [6.07, 6.45) is 3.79. The molecule has 0 aliphatic heterocycles. The fraction of sp³-hybridized carbons (Fsp3) is 0.143. The maximum atomic E-state index is 13.6. The highest BCUT2D eigenvalue weighted by Gasteiger charge is 2.16. The van der Waals surface area contributed by atoms with E-state index < -0.39 is 23.6 Å². The van der Waals surface area contributed by atoms with Crippen LogP contribution >= 0.6 is 0 Å². The molecule has 2 aromatic carbocycles. The van der Waals surface area contributed by atoms with Gasteiger partial charge in [0.1, 0.15) is 17.5 Å². The van der Waals surface area contributed by atoms with Crippen LogP contribution in [0.15, 0.2) is 54.7 Å². The molecule has 1 aromatic heterocycles. The number of hydrogen-bond acceptors (Lipinski definition) is 2. The summed E-state index contributed by atoms with van der Waals surface area (Å²) in [4.78, 5) is 12.1. The summed E-state index contributed by atoms with van der Waals surface area (Å²) < 4.78 is 42.0. The Kier molecular flexibility index (Phi) is 5.63. The molecule has 3 rings (SSSR count). The van der Waals surface area contributed by atoms with Crippen molar-refractivity contribution >= 4 is 12.0 Å². The number of halogens is 3. The van der Waals surface area contributed by atoms with Crippen molar-refractivity contribution in [3.05, 3.63) is 89.0 Å². The predicted octanol–water partition coefficient (Wildman–Crippen LogP) is 4.49. The molecule has 4 nitrogen and oxygen atoms in total. The van der Waals surface area contributed by atoms with Crippen LogP contribution in [0.25, 0.3) is 11.8 Å². The van der Waals surface area contributed by atoms with Crippen molar-refractivity contribution in [1.29, 1.82) is 0 Å². The van der Waals surface area contributed by atoms with Gasteiger partial charge in [-0.2, -0.15) is 5.10 Å². The quantitative estimate of drug-likeness (QED) is 0.658. The van der Waals surface area contributed by atoms with Gasteiger partial charge in [0, 0.05) is 22.9 Å². The first-order valence-corrected chi connectivity index (χ1v) is 8.60. The lowest BCUT2D eigenvalue weighted by Gasteiger charge is -2.13. The number of amides is 1. The van der Waals surface area contributed by atoms with Crippen molar-refractivity contribution in [2.24, 2.45) is 0 Å². The molecule has 144 valence electrons. The van der Waals surface area contributed by atoms with Crippen LogP contribution in [0.5, 0.6) is 0 Å². The largest absolute Gasteiger partial charge is 0.346 e. The molecule has 1 amide bonds. The number of nitrogens with one attached hydrogen (secondary N) is 1. The normalized spacial score (nSPS) is 12.3. The molecule has 0 spiro atoms. The van der Waals surface area contributed by atoms with Crippen molar-refractivity contribution < 1.29 is 18.0 Å². The Hall–Kier alpha value is -3.35. The molecule has 0 saturated heterocycles. The van der Waals surface area contributed by atoms with Crippen LogP contribution in [0.2, 0.25) is 0 Å². The van der Waals surface area contributed by atoms with Crippen LogP contribution < -0.4 is 5.32 Å². The van der Waals surface area contributed by atoms with E-state index in [0.29, 0.717) is 5.69 Å². The zero-order valence-electron chi connectivity index (χ0n) is 15.3. The molecule has 1 unspecified atom stereocenters. The van der Waals surface area contributed by atoms with Gasteiger partial charge < -0.3 is 5.32 Å². The van der Waals surface area contributed by atoms with E-state index in [1.54, 1.807) is 29.9 Å². The summed E-state index contributed by atoms with van der Waals surface area (Å²) >= 11 is 0. The molecule has 0 fully saturated rings. The number of nitrogens with zero attached hydrogens (tertiary/aromatic N) is 2. The van der Waals surface area contributed by atoms with E-state index in [-0.39, 0.29) is 11.4 Å². The van der Waals surface area contributed by atoms with Gasteiger partial charge in [-0.3, -0.25) is 4.79 Å². The molecule has 0 aliphatic carbocycles. The summed E-state index contributed by atoms with van der Waals surface area (Å²) in [7, 11) is 0. The Morgan fingerprint density at radius 3 is 2.39 bits per heavy atom. The summed E-state index contributed by atoms with van der Waals surface area (Å²) in [5.74, 6) is -2.32. The van der Waals surface area contributed by atoms with E-state index in [4.69, 9.17) is 0 Å². The second kappa shape index (κ2) is 8.12. The molecule has 7 heteroatoms. The van der Waals surface area contributed by atoms with Gasteiger partial charge in [-0.1, -0.05) is 6.07 Å². The number of hydrogen-bond donors (Lipinski definition) is 1. The topological polar surface area (TPSA) is 46.9 Å². The van der Waals surface area contributed by atoms with Crippen molar-refractivity contribution in [3.63, 3.8) is 0 Å². The van der Waals surface area contributed by atoms with Crippen LogP contribution in [0.1, 0.15) is 29.8 Å². The fourth-order valence-corrected chi connectivity index (χ4v) is 2.86. The number of carbonyl (C=O) groups is 1. The van der Waals surface area contributed by atoms with Crippen molar-refractivity contribution in [2.45, 2.75) is 19.9 Å². The third-order valence-corrected chi connectivity index (χ3v) is 4.35. The van der Waals surface area contributed by atoms with Crippen molar-refractivity contribution in [1.82, 2.24) is 15.1 Å². The van der Waals surface area contributed by atoms with E-state index in [1.165, 1.54) is 18.2 Å². The van der Waals surface area contributed by atoms with E-state index in [0.717, 1.165) is 35.5 Å². The highest BCUT2D eigenvalue weighted by molar-refractivity contribution is 5.92. The van der Waals surface area contributed by atoms with Gasteiger partial charge in [0.2, 0.25) is 5.91 Å². The van der Waals surface area contributed by atoms with Crippen molar-refractivity contribution in [2.75, 3.05) is 0 Å². The molecule has 0 aliphatic rings. The van der Waals surface area contributed by atoms with Gasteiger partial charge in [-0.15, -0.1) is 0 Å². The van der Waals surface area contributed by atoms with Crippen molar-refractivity contribution in [3.8, 4) is 5.69 Å². The van der Waals surface area contributed by atoms with Crippen LogP contribution in [-0.4, -0.2) is 15.7 Å². The summed E-state index contributed by atoms with van der Waals surface area (Å²) in [5, 5.41) is 7.02. The average Bonchev–Trinajstić information content (AvgIpc) is 3.03. The molecule has 0 bridgehead atoms. The lowest BCUT2D eigenvalue weighted by molar-refractivity contribution is -0.117. The Labute approximate surface area is 160 Å². The molecule has 0 radical (unpaired) electrons. The van der Waals surface area contributed by atoms with Gasteiger partial charge in [-0.05, 0) is 56.3 Å². The highest BCUT2D eigenvalue weighted by atomic mass is 19.1. The Balaban J connectivity index is 1.73. The highest BCUT2D eigenvalue weighted by Crippen LogP contribution is 2.20. The molecule has 1 heterocycles. The Morgan fingerprint density at radius 1 is 1.11 bits per heavy atom. The van der Waals surface area contributed by atoms with Gasteiger partial charge in [0.15, 0.2) is 0 Å². The van der Waals surface area contributed by atoms with Gasteiger partial charge >= 0.3 is 0 Å². The lowest BCUT2D eigenvalue weighted by Crippen LogP contribution is -2.25. The van der Waals surface area contributed by atoms with Gasteiger partial charge in [0.05, 0.1) is 17.9 Å². The van der Waals surface area contributed by atoms with Gasteiger partial charge in [-0.25, -0.2) is 17.9 Å². The third kappa shape index (κ3) is 4.14. The first-order valence-electron chi connectivity index (χ1n) is 8.60. The Bertz CT molecular complexity index is 1010. The van der Waals surface area contributed by atoms with Crippen LogP contribution in [0.4, 0.5) is 13.2 Å². The number of rotatable bonds is 5. The molecule has 3 aromatic rings. The first-order chi connectivity index (χ1) is 13.4. The van der Waals surface area contributed by atoms with E-state index in [1.807, 2.05) is 6.92 Å². The molecule has 1 N–H and O–H groups in total. The SMILES string of the molecule is Cc1c(C(C)NC(=O)/C=C/c2c(F)cccc2F)cnn1-c1ccc(F)cc1. The molecular formula is C21H18F3N3O. The minimum absolute atomic E-state index is 0.273. The zero-order chi connectivity index (χ0) is 20.3. The van der Waals surface area contributed by atoms with E-state index >= 15 is 0 Å². The third-order valence-electron chi connectivity index (χ3n) is 4.35. The standard InChI is InChI=1S/C21H18F3N3O/c1-13(26-21(28)11-10-17-19(23)4-3-5-20(17)24)18-12-25-27(14(18)2)16-8-6-15(22)7-9-16/h3-13H,1-2H3,(H,26,28)/b11-10+. The maximum absolute atomic E-state index is 13.6. The molecule has 1 atom stereocenters. The molecular weight excluding hydrogens is 367 g/mol. The van der Waals surface area contributed by atoms with E-state index in [2.05, 4.69) is 10.4 Å². The first kappa shape index (κ1) is 19.4. The number of carbonyl (C=O) groups excluding carboxylic acids is 1. The minimum Gasteiger partial charge on any atom is -0.346 e. The minimum atomic E-state index is -0.742. The number of benzene rings is 2. The summed E-state index contributed by atoms with van der Waals surface area (Å²) in [5.41, 5.74) is 1.97. The van der Waals surface area contributed by atoms with Crippen LogP contribution in [0.3, 0.4) is 0 Å². The fourth-order valence-electron chi connectivity index (χ4n) is 2.86. The number of aromatic nitrogens is 2. The van der Waals surface area contributed by atoms with Crippen LogP contribution in [-0.2, 0) is 4.79 Å². The molecule has 28 heavy (non-hydrogen) atoms. The molecule has 0 saturated carbocycles. The monoisotopic (exact) mass is 385 g/mol. The second-order valence-corrected chi connectivity index (χ2v) is 6.27. The maximum Gasteiger partial charge on any atom is 0.244 e. The average molecular weight is 385 g/mol. The summed E-state index contributed by atoms with van der Waals surface area (Å²) in [6, 6.07) is 9.00. The van der Waals surface area contributed by atoms with Gasteiger partial charge in [0.25, 0.3) is 0 Å². The second-order valence-electron chi connectivity index (χ2n) is 6.27. The zero-order valence-corrected chi connectivity index (χ0v) is 15.3. The predicted molar refractivity (Wildman–Crippen MR) is 100 cm³/mol.